The third kappa shape index (κ3) is 1.82. The molecule has 1 aliphatic rings. The number of aryl methyl sites for hydroxylation is 1. The fourth-order valence-electron chi connectivity index (χ4n) is 2.30. The zero-order valence-electron chi connectivity index (χ0n) is 9.64. The van der Waals surface area contributed by atoms with Gasteiger partial charge in [0.25, 0.3) is 0 Å². The predicted octanol–water partition coefficient (Wildman–Crippen LogP) is 0.787. The van der Waals surface area contributed by atoms with Crippen LogP contribution >= 0.6 is 0 Å². The molecule has 0 radical (unpaired) electrons. The number of carbonyl (C=O) groups is 1. The van der Waals surface area contributed by atoms with Crippen LogP contribution < -0.4 is 5.73 Å². The van der Waals surface area contributed by atoms with Gasteiger partial charge in [0.05, 0.1) is 18.8 Å². The van der Waals surface area contributed by atoms with Gasteiger partial charge in [-0.3, -0.25) is 9.48 Å². The Balaban J connectivity index is 2.11. The van der Waals surface area contributed by atoms with Gasteiger partial charge >= 0.3 is 5.97 Å². The summed E-state index contributed by atoms with van der Waals surface area (Å²) in [6, 6.07) is 2.16. The highest BCUT2D eigenvalue weighted by Gasteiger charge is 2.43. The van der Waals surface area contributed by atoms with Crippen molar-refractivity contribution in [2.24, 2.45) is 5.73 Å². The van der Waals surface area contributed by atoms with E-state index in [0.717, 1.165) is 12.1 Å². The fraction of sp³-hybridized carbons (Fsp3) is 0.636. The molecule has 2 unspecified atom stereocenters. The summed E-state index contributed by atoms with van der Waals surface area (Å²) in [5.41, 5.74) is 6.18. The molecule has 0 saturated heterocycles. The molecule has 1 aromatic rings. The van der Waals surface area contributed by atoms with Crippen molar-refractivity contribution in [3.8, 4) is 0 Å². The number of ether oxygens (including phenoxy) is 1. The van der Waals surface area contributed by atoms with E-state index in [4.69, 9.17) is 10.5 Å². The molecule has 0 amide bonds. The highest BCUT2D eigenvalue weighted by molar-refractivity contribution is 5.80. The van der Waals surface area contributed by atoms with Gasteiger partial charge in [-0.05, 0) is 32.3 Å². The molecule has 1 heterocycles. The van der Waals surface area contributed by atoms with Crippen molar-refractivity contribution < 1.29 is 9.53 Å². The third-order valence-electron chi connectivity index (χ3n) is 3.23. The highest BCUT2D eigenvalue weighted by Crippen LogP contribution is 2.36. The molecule has 0 aromatic carbocycles. The van der Waals surface area contributed by atoms with Crippen LogP contribution in [0.4, 0.5) is 0 Å². The molecule has 5 heteroatoms. The second-order valence-electron chi connectivity index (χ2n) is 4.48. The summed E-state index contributed by atoms with van der Waals surface area (Å²) in [4.78, 5) is 11.5. The van der Waals surface area contributed by atoms with Crippen LogP contribution in [0.5, 0.6) is 0 Å². The van der Waals surface area contributed by atoms with Crippen LogP contribution in [0.3, 0.4) is 0 Å². The lowest BCUT2D eigenvalue weighted by Gasteiger charge is -2.20. The average Bonchev–Trinajstić information content (AvgIpc) is 2.84. The first-order chi connectivity index (χ1) is 7.55. The number of hydrogen-bond acceptors (Lipinski definition) is 4. The number of carbonyl (C=O) groups excluding carboxylic acids is 1. The minimum absolute atomic E-state index is 0.206. The number of methoxy groups -OCH3 is 1. The SMILES string of the molecule is COC(=O)C1(N)CCC(n2ccc(C)n2)C1. The average molecular weight is 223 g/mol. The monoisotopic (exact) mass is 223 g/mol. The first-order valence-electron chi connectivity index (χ1n) is 5.44. The summed E-state index contributed by atoms with van der Waals surface area (Å²) in [5, 5.41) is 4.35. The number of nitrogens with zero attached hydrogens (tertiary/aromatic N) is 2. The van der Waals surface area contributed by atoms with E-state index >= 15 is 0 Å². The normalized spacial score (nSPS) is 29.3. The van der Waals surface area contributed by atoms with Gasteiger partial charge in [-0.15, -0.1) is 0 Å². The molecule has 1 aliphatic carbocycles. The van der Waals surface area contributed by atoms with Gasteiger partial charge < -0.3 is 10.5 Å². The van der Waals surface area contributed by atoms with E-state index in [-0.39, 0.29) is 12.0 Å². The van der Waals surface area contributed by atoms with Gasteiger partial charge in [-0.2, -0.15) is 5.10 Å². The zero-order chi connectivity index (χ0) is 11.8. The van der Waals surface area contributed by atoms with Crippen LogP contribution in [-0.2, 0) is 9.53 Å². The van der Waals surface area contributed by atoms with E-state index < -0.39 is 5.54 Å². The first kappa shape index (κ1) is 11.1. The predicted molar refractivity (Wildman–Crippen MR) is 58.8 cm³/mol. The third-order valence-corrected chi connectivity index (χ3v) is 3.23. The Hall–Kier alpha value is -1.36. The lowest BCUT2D eigenvalue weighted by atomic mass is 9.99. The Morgan fingerprint density at radius 1 is 1.75 bits per heavy atom. The molecule has 1 aromatic heterocycles. The molecular formula is C11H17N3O2. The van der Waals surface area contributed by atoms with Gasteiger partial charge in [0.15, 0.2) is 0 Å². The molecule has 0 bridgehead atoms. The topological polar surface area (TPSA) is 70.1 Å². The summed E-state index contributed by atoms with van der Waals surface area (Å²) in [5.74, 6) is -0.320. The van der Waals surface area contributed by atoms with Gasteiger partial charge in [-0.25, -0.2) is 0 Å². The molecular weight excluding hydrogens is 206 g/mol. The second-order valence-corrected chi connectivity index (χ2v) is 4.48. The number of rotatable bonds is 2. The molecule has 0 spiro atoms. The molecule has 16 heavy (non-hydrogen) atoms. The number of nitrogens with two attached hydrogens (primary N) is 1. The van der Waals surface area contributed by atoms with E-state index in [9.17, 15) is 4.79 Å². The van der Waals surface area contributed by atoms with Gasteiger partial charge in [0, 0.05) is 6.20 Å². The van der Waals surface area contributed by atoms with Gasteiger partial charge in [0.2, 0.25) is 0 Å². The van der Waals surface area contributed by atoms with Gasteiger partial charge in [-0.1, -0.05) is 0 Å². The van der Waals surface area contributed by atoms with Crippen LogP contribution in [-0.4, -0.2) is 28.4 Å². The summed E-state index contributed by atoms with van der Waals surface area (Å²) >= 11 is 0. The largest absolute Gasteiger partial charge is 0.468 e. The maximum Gasteiger partial charge on any atom is 0.325 e. The quantitative estimate of drug-likeness (QED) is 0.752. The van der Waals surface area contributed by atoms with E-state index in [2.05, 4.69) is 5.10 Å². The Morgan fingerprint density at radius 2 is 2.50 bits per heavy atom. The summed E-state index contributed by atoms with van der Waals surface area (Å²) < 4.78 is 6.63. The number of hydrogen-bond donors (Lipinski definition) is 1. The van der Waals surface area contributed by atoms with E-state index in [1.165, 1.54) is 7.11 Å². The van der Waals surface area contributed by atoms with Crippen molar-refractivity contribution >= 4 is 5.97 Å². The minimum Gasteiger partial charge on any atom is -0.468 e. The lowest BCUT2D eigenvalue weighted by molar-refractivity contribution is -0.146. The Bertz CT molecular complexity index is 402. The highest BCUT2D eigenvalue weighted by atomic mass is 16.5. The van der Waals surface area contributed by atoms with Crippen molar-refractivity contribution in [1.29, 1.82) is 0 Å². The van der Waals surface area contributed by atoms with E-state index in [0.29, 0.717) is 12.8 Å². The summed E-state index contributed by atoms with van der Waals surface area (Å²) in [6.07, 6.45) is 4.06. The van der Waals surface area contributed by atoms with E-state index in [1.807, 2.05) is 23.9 Å². The van der Waals surface area contributed by atoms with Crippen molar-refractivity contribution in [3.63, 3.8) is 0 Å². The second kappa shape index (κ2) is 3.90. The van der Waals surface area contributed by atoms with Gasteiger partial charge in [0.1, 0.15) is 5.54 Å². The molecule has 2 atom stereocenters. The fourth-order valence-corrected chi connectivity index (χ4v) is 2.30. The first-order valence-corrected chi connectivity index (χ1v) is 5.44. The molecule has 2 rings (SSSR count). The summed E-state index contributed by atoms with van der Waals surface area (Å²) in [6.45, 7) is 1.95. The van der Waals surface area contributed by atoms with Crippen molar-refractivity contribution in [1.82, 2.24) is 9.78 Å². The van der Waals surface area contributed by atoms with Crippen LogP contribution in [0.1, 0.15) is 31.0 Å². The van der Waals surface area contributed by atoms with Crippen LogP contribution in [0, 0.1) is 6.92 Å². The Kier molecular flexibility index (Phi) is 2.71. The standard InChI is InChI=1S/C11H17N3O2/c1-8-4-6-14(13-8)9-3-5-11(12,7-9)10(15)16-2/h4,6,9H,3,5,7,12H2,1-2H3. The van der Waals surface area contributed by atoms with E-state index in [1.54, 1.807) is 0 Å². The minimum atomic E-state index is -0.834. The maximum atomic E-state index is 11.5. The van der Waals surface area contributed by atoms with Crippen LogP contribution in [0.25, 0.3) is 0 Å². The Morgan fingerprint density at radius 3 is 3.06 bits per heavy atom. The molecule has 0 aliphatic heterocycles. The van der Waals surface area contributed by atoms with Crippen molar-refractivity contribution in [2.45, 2.75) is 37.8 Å². The van der Waals surface area contributed by atoms with Crippen LogP contribution in [0.15, 0.2) is 12.3 Å². The van der Waals surface area contributed by atoms with Crippen LogP contribution in [0.2, 0.25) is 0 Å². The Labute approximate surface area is 94.6 Å². The molecule has 88 valence electrons. The lowest BCUT2D eigenvalue weighted by Crippen LogP contribution is -2.46. The molecule has 1 fully saturated rings. The zero-order valence-corrected chi connectivity index (χ0v) is 9.64. The number of esters is 1. The molecule has 5 nitrogen and oxygen atoms in total. The molecule has 2 N–H and O–H groups in total. The number of aromatic nitrogens is 2. The van der Waals surface area contributed by atoms with Crippen molar-refractivity contribution in [3.05, 3.63) is 18.0 Å². The maximum absolute atomic E-state index is 11.5. The van der Waals surface area contributed by atoms with Crippen molar-refractivity contribution in [2.75, 3.05) is 7.11 Å². The smallest absolute Gasteiger partial charge is 0.325 e. The molecule has 1 saturated carbocycles. The summed E-state index contributed by atoms with van der Waals surface area (Å²) in [7, 11) is 1.38.